The largest absolute Gasteiger partial charge is 0.378 e. The minimum atomic E-state index is 0.671. The monoisotopic (exact) mass is 240 g/mol. The average Bonchev–Trinajstić information content (AvgIpc) is 2.40. The van der Waals surface area contributed by atoms with E-state index in [4.69, 9.17) is 4.74 Å². The normalized spacial score (nSPS) is 36.0. The summed E-state index contributed by atoms with van der Waals surface area (Å²) in [6.45, 7) is 8.64. The highest BCUT2D eigenvalue weighted by molar-refractivity contribution is 4.87. The quantitative estimate of drug-likeness (QED) is 0.813. The second-order valence-corrected chi connectivity index (χ2v) is 5.44. The lowest BCUT2D eigenvalue weighted by Gasteiger charge is -2.43. The van der Waals surface area contributed by atoms with Crippen LogP contribution in [-0.2, 0) is 4.74 Å². The molecule has 1 aliphatic heterocycles. The average molecular weight is 240 g/mol. The van der Waals surface area contributed by atoms with Crippen LogP contribution in [0.1, 0.15) is 46.0 Å². The Morgan fingerprint density at radius 2 is 1.94 bits per heavy atom. The lowest BCUT2D eigenvalue weighted by Crippen LogP contribution is -2.52. The zero-order valence-corrected chi connectivity index (χ0v) is 11.5. The standard InChI is InChI=1S/C14H28N2O/c1-3-13-11-17-10-9-16(13)14-7-5-12(6-8-14)15-4-2/h12-15H,3-11H2,1-2H3. The van der Waals surface area contributed by atoms with Crippen molar-refractivity contribution < 1.29 is 4.74 Å². The van der Waals surface area contributed by atoms with E-state index in [1.165, 1.54) is 32.1 Å². The number of nitrogens with one attached hydrogen (secondary N) is 1. The Labute approximate surface area is 106 Å². The molecule has 2 fully saturated rings. The zero-order valence-electron chi connectivity index (χ0n) is 11.5. The minimum absolute atomic E-state index is 0.671. The van der Waals surface area contributed by atoms with Gasteiger partial charge >= 0.3 is 0 Å². The molecule has 0 aromatic rings. The van der Waals surface area contributed by atoms with Gasteiger partial charge in [0.25, 0.3) is 0 Å². The second-order valence-electron chi connectivity index (χ2n) is 5.44. The molecule has 2 aliphatic rings. The highest BCUT2D eigenvalue weighted by Gasteiger charge is 2.31. The van der Waals surface area contributed by atoms with Crippen molar-refractivity contribution in [3.63, 3.8) is 0 Å². The summed E-state index contributed by atoms with van der Waals surface area (Å²) in [5, 5.41) is 3.59. The molecular weight excluding hydrogens is 212 g/mol. The molecule has 1 saturated heterocycles. The molecule has 0 bridgehead atoms. The first-order valence-corrected chi connectivity index (χ1v) is 7.42. The summed E-state index contributed by atoms with van der Waals surface area (Å²) in [7, 11) is 0. The fourth-order valence-corrected chi connectivity index (χ4v) is 3.40. The van der Waals surface area contributed by atoms with Crippen LogP contribution in [0.5, 0.6) is 0 Å². The van der Waals surface area contributed by atoms with Crippen molar-refractivity contribution in [1.82, 2.24) is 10.2 Å². The first kappa shape index (κ1) is 13.3. The third-order valence-electron chi connectivity index (χ3n) is 4.40. The summed E-state index contributed by atoms with van der Waals surface area (Å²) in [5.41, 5.74) is 0. The van der Waals surface area contributed by atoms with Gasteiger partial charge in [0.1, 0.15) is 0 Å². The fraction of sp³-hybridized carbons (Fsp3) is 1.00. The Morgan fingerprint density at radius 3 is 2.59 bits per heavy atom. The number of rotatable bonds is 4. The summed E-state index contributed by atoms with van der Waals surface area (Å²) < 4.78 is 5.60. The second kappa shape index (κ2) is 6.72. The van der Waals surface area contributed by atoms with Crippen molar-refractivity contribution >= 4 is 0 Å². The SMILES string of the molecule is CCNC1CCC(N2CCOCC2CC)CC1. The van der Waals surface area contributed by atoms with Gasteiger partial charge in [0.15, 0.2) is 0 Å². The van der Waals surface area contributed by atoms with Crippen molar-refractivity contribution in [3.8, 4) is 0 Å². The first-order valence-electron chi connectivity index (χ1n) is 7.42. The smallest absolute Gasteiger partial charge is 0.0622 e. The van der Waals surface area contributed by atoms with Crippen molar-refractivity contribution in [3.05, 3.63) is 0 Å². The maximum Gasteiger partial charge on any atom is 0.0622 e. The van der Waals surface area contributed by atoms with E-state index in [0.29, 0.717) is 6.04 Å². The van der Waals surface area contributed by atoms with Crippen LogP contribution in [0, 0.1) is 0 Å². The Hall–Kier alpha value is -0.120. The molecule has 2 rings (SSSR count). The molecule has 0 aromatic heterocycles. The number of hydrogen-bond acceptors (Lipinski definition) is 3. The first-order chi connectivity index (χ1) is 8.35. The highest BCUT2D eigenvalue weighted by Crippen LogP contribution is 2.26. The van der Waals surface area contributed by atoms with Crippen molar-refractivity contribution in [2.45, 2.75) is 64.1 Å². The maximum atomic E-state index is 5.60. The topological polar surface area (TPSA) is 24.5 Å². The van der Waals surface area contributed by atoms with Gasteiger partial charge in [0, 0.05) is 24.7 Å². The maximum absolute atomic E-state index is 5.60. The van der Waals surface area contributed by atoms with Crippen LogP contribution in [0.25, 0.3) is 0 Å². The third kappa shape index (κ3) is 3.43. The Bertz CT molecular complexity index is 214. The van der Waals surface area contributed by atoms with Crippen LogP contribution >= 0.6 is 0 Å². The van der Waals surface area contributed by atoms with E-state index in [1.54, 1.807) is 0 Å². The Balaban J connectivity index is 1.82. The molecule has 17 heavy (non-hydrogen) atoms. The van der Waals surface area contributed by atoms with E-state index in [9.17, 15) is 0 Å². The third-order valence-corrected chi connectivity index (χ3v) is 4.40. The highest BCUT2D eigenvalue weighted by atomic mass is 16.5. The predicted molar refractivity (Wildman–Crippen MR) is 71.3 cm³/mol. The number of nitrogens with zero attached hydrogens (tertiary/aromatic N) is 1. The van der Waals surface area contributed by atoms with E-state index in [2.05, 4.69) is 24.1 Å². The lowest BCUT2D eigenvalue weighted by atomic mass is 9.89. The molecule has 0 spiro atoms. The van der Waals surface area contributed by atoms with Crippen LogP contribution in [0.4, 0.5) is 0 Å². The summed E-state index contributed by atoms with van der Waals surface area (Å²) in [4.78, 5) is 2.73. The van der Waals surface area contributed by atoms with Crippen molar-refractivity contribution in [1.29, 1.82) is 0 Å². The van der Waals surface area contributed by atoms with Crippen LogP contribution in [0.2, 0.25) is 0 Å². The zero-order chi connectivity index (χ0) is 12.1. The molecule has 1 heterocycles. The molecule has 3 heteroatoms. The van der Waals surface area contributed by atoms with E-state index in [1.807, 2.05) is 0 Å². The Morgan fingerprint density at radius 1 is 1.18 bits per heavy atom. The number of morpholine rings is 1. The molecule has 1 unspecified atom stereocenters. The lowest BCUT2D eigenvalue weighted by molar-refractivity contribution is -0.0384. The van der Waals surface area contributed by atoms with Gasteiger partial charge in [0.05, 0.1) is 13.2 Å². The molecule has 3 nitrogen and oxygen atoms in total. The van der Waals surface area contributed by atoms with Crippen molar-refractivity contribution in [2.75, 3.05) is 26.3 Å². The van der Waals surface area contributed by atoms with Gasteiger partial charge in [-0.15, -0.1) is 0 Å². The summed E-state index contributed by atoms with van der Waals surface area (Å²) in [6, 6.07) is 2.26. The minimum Gasteiger partial charge on any atom is -0.378 e. The van der Waals surface area contributed by atoms with E-state index in [-0.39, 0.29) is 0 Å². The number of ether oxygens (including phenoxy) is 1. The summed E-state index contributed by atoms with van der Waals surface area (Å²) >= 11 is 0. The van der Waals surface area contributed by atoms with Crippen LogP contribution in [-0.4, -0.2) is 49.3 Å². The van der Waals surface area contributed by atoms with Crippen LogP contribution < -0.4 is 5.32 Å². The molecule has 1 atom stereocenters. The number of hydrogen-bond donors (Lipinski definition) is 1. The van der Waals surface area contributed by atoms with Gasteiger partial charge in [-0.1, -0.05) is 13.8 Å². The molecule has 0 radical (unpaired) electrons. The van der Waals surface area contributed by atoms with E-state index < -0.39 is 0 Å². The van der Waals surface area contributed by atoms with E-state index >= 15 is 0 Å². The fourth-order valence-electron chi connectivity index (χ4n) is 3.40. The van der Waals surface area contributed by atoms with Gasteiger partial charge in [-0.2, -0.15) is 0 Å². The van der Waals surface area contributed by atoms with Gasteiger partial charge in [-0.05, 0) is 38.6 Å². The molecule has 1 saturated carbocycles. The van der Waals surface area contributed by atoms with E-state index in [0.717, 1.165) is 38.4 Å². The molecule has 1 N–H and O–H groups in total. The van der Waals surface area contributed by atoms with Gasteiger partial charge in [-0.3, -0.25) is 4.90 Å². The van der Waals surface area contributed by atoms with Crippen LogP contribution in [0.3, 0.4) is 0 Å². The molecule has 0 aromatic carbocycles. The van der Waals surface area contributed by atoms with Gasteiger partial charge in [0.2, 0.25) is 0 Å². The summed E-state index contributed by atoms with van der Waals surface area (Å²) in [6.07, 6.45) is 6.67. The van der Waals surface area contributed by atoms with Crippen molar-refractivity contribution in [2.24, 2.45) is 0 Å². The molecule has 0 amide bonds. The molecular formula is C14H28N2O. The Kier molecular flexibility index (Phi) is 5.26. The molecule has 100 valence electrons. The van der Waals surface area contributed by atoms with Gasteiger partial charge < -0.3 is 10.1 Å². The molecule has 1 aliphatic carbocycles. The predicted octanol–water partition coefficient (Wildman–Crippen LogP) is 2.02. The van der Waals surface area contributed by atoms with Gasteiger partial charge in [-0.25, -0.2) is 0 Å². The summed E-state index contributed by atoms with van der Waals surface area (Å²) in [5.74, 6) is 0. The van der Waals surface area contributed by atoms with Crippen LogP contribution in [0.15, 0.2) is 0 Å².